The molecule has 2 N–H and O–H groups in total. The molecule has 0 unspecified atom stereocenters. The first-order valence-corrected chi connectivity index (χ1v) is 6.76. The molecule has 1 aromatic heterocycles. The first-order chi connectivity index (χ1) is 8.05. The fourth-order valence-corrected chi connectivity index (χ4v) is 3.59. The molecule has 2 aromatic rings. The van der Waals surface area contributed by atoms with Gasteiger partial charge in [0.25, 0.3) is 0 Å². The normalized spacial score (nSPS) is 19.2. The second-order valence-corrected chi connectivity index (χ2v) is 6.35. The second kappa shape index (κ2) is 3.55. The van der Waals surface area contributed by atoms with Crippen LogP contribution in [0.1, 0.15) is 19.4 Å². The standard InChI is InChI=1S/C14H17NOS/c1-13(2,15)14(8-16-9-14)11-7-17-12-6-4-3-5-10(11)12/h3-7H,8-9,15H2,1-2H3. The fraction of sp³-hybridized carbons (Fsp3) is 0.429. The molecule has 90 valence electrons. The highest BCUT2D eigenvalue weighted by atomic mass is 32.1. The van der Waals surface area contributed by atoms with Crippen molar-refractivity contribution < 1.29 is 4.74 Å². The van der Waals surface area contributed by atoms with E-state index in [-0.39, 0.29) is 11.0 Å². The number of ether oxygens (including phenoxy) is 1. The zero-order chi connectivity index (χ0) is 12.1. The predicted octanol–water partition coefficient (Wildman–Crippen LogP) is 2.91. The molecule has 2 heterocycles. The van der Waals surface area contributed by atoms with Gasteiger partial charge in [-0.2, -0.15) is 0 Å². The average molecular weight is 247 g/mol. The molecular formula is C14H17NOS. The molecule has 0 atom stereocenters. The summed E-state index contributed by atoms with van der Waals surface area (Å²) in [5, 5.41) is 3.58. The van der Waals surface area contributed by atoms with E-state index in [1.54, 1.807) is 11.3 Å². The molecule has 1 aromatic carbocycles. The molecule has 0 aliphatic carbocycles. The van der Waals surface area contributed by atoms with Crippen LogP contribution < -0.4 is 5.73 Å². The maximum absolute atomic E-state index is 6.38. The molecule has 1 saturated heterocycles. The maximum atomic E-state index is 6.38. The highest BCUT2D eigenvalue weighted by Gasteiger charge is 2.51. The molecule has 1 aliphatic rings. The Morgan fingerprint density at radius 1 is 1.29 bits per heavy atom. The van der Waals surface area contributed by atoms with Gasteiger partial charge in [-0.3, -0.25) is 0 Å². The molecule has 1 fully saturated rings. The highest BCUT2D eigenvalue weighted by Crippen LogP contribution is 2.45. The lowest BCUT2D eigenvalue weighted by Gasteiger charge is -2.50. The fourth-order valence-electron chi connectivity index (χ4n) is 2.53. The van der Waals surface area contributed by atoms with Crippen molar-refractivity contribution in [3.63, 3.8) is 0 Å². The molecule has 0 amide bonds. The van der Waals surface area contributed by atoms with Gasteiger partial charge in [0.15, 0.2) is 0 Å². The van der Waals surface area contributed by atoms with Crippen molar-refractivity contribution in [3.05, 3.63) is 35.2 Å². The summed E-state index contributed by atoms with van der Waals surface area (Å²) in [5.74, 6) is 0. The van der Waals surface area contributed by atoms with E-state index in [0.29, 0.717) is 0 Å². The number of fused-ring (bicyclic) bond motifs is 1. The molecular weight excluding hydrogens is 230 g/mol. The van der Waals surface area contributed by atoms with E-state index in [1.165, 1.54) is 15.6 Å². The molecule has 0 bridgehead atoms. The van der Waals surface area contributed by atoms with Crippen molar-refractivity contribution in [2.24, 2.45) is 5.73 Å². The second-order valence-electron chi connectivity index (χ2n) is 5.44. The SMILES string of the molecule is CC(C)(N)C1(c2csc3ccccc23)COC1. The Labute approximate surface area is 105 Å². The Morgan fingerprint density at radius 2 is 2.00 bits per heavy atom. The van der Waals surface area contributed by atoms with E-state index in [4.69, 9.17) is 10.5 Å². The third-order valence-electron chi connectivity index (χ3n) is 3.93. The monoisotopic (exact) mass is 247 g/mol. The van der Waals surface area contributed by atoms with Crippen LogP contribution in [0.3, 0.4) is 0 Å². The largest absolute Gasteiger partial charge is 0.379 e. The van der Waals surface area contributed by atoms with Crippen molar-refractivity contribution in [3.8, 4) is 0 Å². The Morgan fingerprint density at radius 3 is 2.59 bits per heavy atom. The van der Waals surface area contributed by atoms with Crippen molar-refractivity contribution in [1.82, 2.24) is 0 Å². The van der Waals surface area contributed by atoms with Crippen LogP contribution in [0.25, 0.3) is 10.1 Å². The summed E-state index contributed by atoms with van der Waals surface area (Å²) >= 11 is 1.80. The summed E-state index contributed by atoms with van der Waals surface area (Å²) in [6.45, 7) is 5.67. The van der Waals surface area contributed by atoms with E-state index < -0.39 is 0 Å². The molecule has 1 aliphatic heterocycles. The smallest absolute Gasteiger partial charge is 0.0608 e. The number of hydrogen-bond acceptors (Lipinski definition) is 3. The van der Waals surface area contributed by atoms with Crippen LogP contribution in [0.5, 0.6) is 0 Å². The van der Waals surface area contributed by atoms with Gasteiger partial charge in [-0.25, -0.2) is 0 Å². The van der Waals surface area contributed by atoms with E-state index in [0.717, 1.165) is 13.2 Å². The van der Waals surface area contributed by atoms with Crippen LogP contribution in [0.4, 0.5) is 0 Å². The minimum Gasteiger partial charge on any atom is -0.379 e. The number of rotatable bonds is 2. The zero-order valence-electron chi connectivity index (χ0n) is 10.2. The lowest BCUT2D eigenvalue weighted by atomic mass is 9.66. The van der Waals surface area contributed by atoms with Crippen molar-refractivity contribution >= 4 is 21.4 Å². The average Bonchev–Trinajstić information content (AvgIpc) is 2.59. The van der Waals surface area contributed by atoms with E-state index >= 15 is 0 Å². The highest BCUT2D eigenvalue weighted by molar-refractivity contribution is 7.17. The minimum atomic E-state index is -0.255. The van der Waals surface area contributed by atoms with E-state index in [1.807, 2.05) is 0 Å². The van der Waals surface area contributed by atoms with Crippen molar-refractivity contribution in [1.29, 1.82) is 0 Å². The zero-order valence-corrected chi connectivity index (χ0v) is 11.0. The molecule has 3 rings (SSSR count). The van der Waals surface area contributed by atoms with Gasteiger partial charge in [0.05, 0.1) is 18.6 Å². The lowest BCUT2D eigenvalue weighted by Crippen LogP contribution is -2.64. The topological polar surface area (TPSA) is 35.2 Å². The van der Waals surface area contributed by atoms with Gasteiger partial charge in [-0.1, -0.05) is 18.2 Å². The van der Waals surface area contributed by atoms with Crippen LogP contribution >= 0.6 is 11.3 Å². The van der Waals surface area contributed by atoms with E-state index in [9.17, 15) is 0 Å². The van der Waals surface area contributed by atoms with Crippen LogP contribution in [0, 0.1) is 0 Å². The van der Waals surface area contributed by atoms with E-state index in [2.05, 4.69) is 43.5 Å². The summed E-state index contributed by atoms with van der Waals surface area (Å²) in [7, 11) is 0. The molecule has 0 spiro atoms. The Hall–Kier alpha value is -0.900. The summed E-state index contributed by atoms with van der Waals surface area (Å²) < 4.78 is 6.79. The molecule has 0 radical (unpaired) electrons. The lowest BCUT2D eigenvalue weighted by molar-refractivity contribution is -0.0909. The Balaban J connectivity index is 2.21. The minimum absolute atomic E-state index is 0.0212. The third kappa shape index (κ3) is 1.46. The number of thiophene rings is 1. The molecule has 17 heavy (non-hydrogen) atoms. The Bertz CT molecular complexity index is 549. The summed E-state index contributed by atoms with van der Waals surface area (Å²) in [5.41, 5.74) is 7.46. The molecule has 3 heteroatoms. The van der Waals surface area contributed by atoms with Gasteiger partial charge >= 0.3 is 0 Å². The molecule has 2 nitrogen and oxygen atoms in total. The number of nitrogens with two attached hydrogens (primary N) is 1. The number of benzene rings is 1. The van der Waals surface area contributed by atoms with Gasteiger partial charge in [0.2, 0.25) is 0 Å². The van der Waals surface area contributed by atoms with Crippen LogP contribution in [0.15, 0.2) is 29.6 Å². The van der Waals surface area contributed by atoms with Gasteiger partial charge in [0, 0.05) is 10.2 Å². The first kappa shape index (κ1) is 11.2. The quantitative estimate of drug-likeness (QED) is 0.885. The number of hydrogen-bond donors (Lipinski definition) is 1. The van der Waals surface area contributed by atoms with Gasteiger partial charge in [-0.15, -0.1) is 11.3 Å². The van der Waals surface area contributed by atoms with Gasteiger partial charge in [0.1, 0.15) is 0 Å². The van der Waals surface area contributed by atoms with Crippen LogP contribution in [-0.2, 0) is 10.2 Å². The summed E-state index contributed by atoms with van der Waals surface area (Å²) in [4.78, 5) is 0. The third-order valence-corrected chi connectivity index (χ3v) is 4.89. The predicted molar refractivity (Wildman–Crippen MR) is 72.6 cm³/mol. The Kier molecular flexibility index (Phi) is 2.34. The van der Waals surface area contributed by atoms with Crippen molar-refractivity contribution in [2.45, 2.75) is 24.8 Å². The summed E-state index contributed by atoms with van der Waals surface area (Å²) in [6.07, 6.45) is 0. The summed E-state index contributed by atoms with van der Waals surface area (Å²) in [6, 6.07) is 8.53. The first-order valence-electron chi connectivity index (χ1n) is 5.88. The van der Waals surface area contributed by atoms with Crippen molar-refractivity contribution in [2.75, 3.05) is 13.2 Å². The maximum Gasteiger partial charge on any atom is 0.0608 e. The van der Waals surface area contributed by atoms with Crippen LogP contribution in [-0.4, -0.2) is 18.8 Å². The molecule has 0 saturated carbocycles. The van der Waals surface area contributed by atoms with Crippen LogP contribution in [0.2, 0.25) is 0 Å². The van der Waals surface area contributed by atoms with Gasteiger partial charge < -0.3 is 10.5 Å². The van der Waals surface area contributed by atoms with Gasteiger partial charge in [-0.05, 0) is 36.2 Å².